The molecule has 0 saturated carbocycles. The summed E-state index contributed by atoms with van der Waals surface area (Å²) in [4.78, 5) is 0. The normalized spacial score (nSPS) is 12.6. The standard InChI is InChI=1S/2C6H14O/c1-5(2)6(3)4-7;1-3-6(4-2)5-7/h5-7H,4H2,1-3H3;6-7H,3-5H2,1-2H3. The third kappa shape index (κ3) is 10.0. The van der Waals surface area contributed by atoms with Crippen LogP contribution < -0.4 is 0 Å². The highest BCUT2D eigenvalue weighted by Crippen LogP contribution is 2.06. The van der Waals surface area contributed by atoms with E-state index in [1.807, 2.05) is 6.92 Å². The van der Waals surface area contributed by atoms with E-state index in [0.717, 1.165) is 12.8 Å². The van der Waals surface area contributed by atoms with Gasteiger partial charge < -0.3 is 10.2 Å². The van der Waals surface area contributed by atoms with Crippen LogP contribution in [0.5, 0.6) is 0 Å². The Morgan fingerprint density at radius 2 is 1.29 bits per heavy atom. The summed E-state index contributed by atoms with van der Waals surface area (Å²) in [5.74, 6) is 1.62. The molecule has 0 aliphatic heterocycles. The Balaban J connectivity index is 0. The topological polar surface area (TPSA) is 40.5 Å². The molecule has 0 bridgehead atoms. The molecule has 0 heterocycles. The highest BCUT2D eigenvalue weighted by molar-refractivity contribution is 4.52. The second-order valence-electron chi connectivity index (χ2n) is 4.27. The van der Waals surface area contributed by atoms with E-state index < -0.39 is 0 Å². The highest BCUT2D eigenvalue weighted by atomic mass is 16.3. The summed E-state index contributed by atoms with van der Waals surface area (Å²) in [7, 11) is 0. The van der Waals surface area contributed by atoms with Crippen LogP contribution in [0.25, 0.3) is 0 Å². The molecule has 0 radical (unpaired) electrons. The number of hydrogen-bond donors (Lipinski definition) is 2. The minimum Gasteiger partial charge on any atom is -0.396 e. The molecule has 0 aromatic rings. The van der Waals surface area contributed by atoms with Crippen molar-refractivity contribution in [2.45, 2.75) is 47.5 Å². The summed E-state index contributed by atoms with van der Waals surface area (Å²) < 4.78 is 0. The fourth-order valence-electron chi connectivity index (χ4n) is 0.758. The molecule has 0 aliphatic carbocycles. The number of aliphatic hydroxyl groups excluding tert-OH is 2. The average Bonchev–Trinajstić information content (AvgIpc) is 2.20. The average molecular weight is 204 g/mol. The first kappa shape index (κ1) is 16.4. The van der Waals surface area contributed by atoms with Crippen molar-refractivity contribution < 1.29 is 10.2 Å². The predicted octanol–water partition coefficient (Wildman–Crippen LogP) is 2.69. The zero-order valence-corrected chi connectivity index (χ0v) is 10.5. The van der Waals surface area contributed by atoms with Gasteiger partial charge >= 0.3 is 0 Å². The van der Waals surface area contributed by atoms with Crippen LogP contribution >= 0.6 is 0 Å². The van der Waals surface area contributed by atoms with Gasteiger partial charge in [0.15, 0.2) is 0 Å². The predicted molar refractivity (Wildman–Crippen MR) is 62.2 cm³/mol. The number of hydrogen-bond acceptors (Lipinski definition) is 2. The van der Waals surface area contributed by atoms with Gasteiger partial charge in [0.25, 0.3) is 0 Å². The Morgan fingerprint density at radius 1 is 0.857 bits per heavy atom. The molecular formula is C12H28O2. The van der Waals surface area contributed by atoms with Gasteiger partial charge in [-0.25, -0.2) is 0 Å². The summed E-state index contributed by atoms with van der Waals surface area (Å²) in [6.07, 6.45) is 2.21. The first-order valence-electron chi connectivity index (χ1n) is 5.75. The van der Waals surface area contributed by atoms with Crippen LogP contribution in [-0.2, 0) is 0 Å². The Kier molecular flexibility index (Phi) is 12.8. The fourth-order valence-corrected chi connectivity index (χ4v) is 0.758. The largest absolute Gasteiger partial charge is 0.396 e. The molecule has 0 fully saturated rings. The Labute approximate surface area is 89.3 Å². The maximum Gasteiger partial charge on any atom is 0.0459 e. The Morgan fingerprint density at radius 3 is 1.29 bits per heavy atom. The second kappa shape index (κ2) is 11.0. The zero-order chi connectivity index (χ0) is 11.6. The lowest BCUT2D eigenvalue weighted by atomic mass is 10.00. The summed E-state index contributed by atoms with van der Waals surface area (Å²) >= 11 is 0. The van der Waals surface area contributed by atoms with E-state index >= 15 is 0 Å². The van der Waals surface area contributed by atoms with Crippen molar-refractivity contribution in [1.29, 1.82) is 0 Å². The lowest BCUT2D eigenvalue weighted by molar-refractivity contribution is 0.203. The van der Waals surface area contributed by atoms with Crippen LogP contribution in [0, 0.1) is 17.8 Å². The first-order valence-corrected chi connectivity index (χ1v) is 5.75. The van der Waals surface area contributed by atoms with E-state index in [4.69, 9.17) is 10.2 Å². The summed E-state index contributed by atoms with van der Waals surface area (Å²) in [6.45, 7) is 11.1. The van der Waals surface area contributed by atoms with E-state index in [2.05, 4.69) is 27.7 Å². The van der Waals surface area contributed by atoms with Crippen molar-refractivity contribution in [1.82, 2.24) is 0 Å². The SMILES string of the molecule is CC(C)C(C)CO.CCC(CC)CO. The van der Waals surface area contributed by atoms with Gasteiger partial charge in [-0.3, -0.25) is 0 Å². The van der Waals surface area contributed by atoms with Gasteiger partial charge in [-0.15, -0.1) is 0 Å². The summed E-state index contributed by atoms with van der Waals surface area (Å²) in [5.41, 5.74) is 0. The monoisotopic (exact) mass is 204 g/mol. The molecule has 0 saturated heterocycles. The molecule has 0 aliphatic rings. The second-order valence-corrected chi connectivity index (χ2v) is 4.27. The van der Waals surface area contributed by atoms with Crippen LogP contribution in [0.4, 0.5) is 0 Å². The molecule has 88 valence electrons. The smallest absolute Gasteiger partial charge is 0.0459 e. The van der Waals surface area contributed by atoms with Crippen molar-refractivity contribution in [3.63, 3.8) is 0 Å². The van der Waals surface area contributed by atoms with Gasteiger partial charge in [0.2, 0.25) is 0 Å². The van der Waals surface area contributed by atoms with Crippen LogP contribution in [-0.4, -0.2) is 23.4 Å². The van der Waals surface area contributed by atoms with Crippen molar-refractivity contribution >= 4 is 0 Å². The molecule has 2 heteroatoms. The van der Waals surface area contributed by atoms with Gasteiger partial charge in [0, 0.05) is 13.2 Å². The van der Waals surface area contributed by atoms with Crippen molar-refractivity contribution in [2.75, 3.05) is 13.2 Å². The lowest BCUT2D eigenvalue weighted by Crippen LogP contribution is -2.07. The van der Waals surface area contributed by atoms with E-state index in [0.29, 0.717) is 31.0 Å². The molecule has 2 N–H and O–H groups in total. The minimum atomic E-state index is 0.317. The number of aliphatic hydroxyl groups is 2. The van der Waals surface area contributed by atoms with E-state index in [1.165, 1.54) is 0 Å². The van der Waals surface area contributed by atoms with Gasteiger partial charge in [-0.1, -0.05) is 47.5 Å². The third-order valence-corrected chi connectivity index (χ3v) is 2.84. The molecule has 2 nitrogen and oxygen atoms in total. The molecule has 1 atom stereocenters. The van der Waals surface area contributed by atoms with Gasteiger partial charge in [0.05, 0.1) is 0 Å². The molecule has 1 unspecified atom stereocenters. The van der Waals surface area contributed by atoms with Gasteiger partial charge in [-0.05, 0) is 17.8 Å². The van der Waals surface area contributed by atoms with Crippen LogP contribution in [0.1, 0.15) is 47.5 Å². The van der Waals surface area contributed by atoms with Gasteiger partial charge in [-0.2, -0.15) is 0 Å². The minimum absolute atomic E-state index is 0.317. The summed E-state index contributed by atoms with van der Waals surface area (Å²) in [5, 5.41) is 17.0. The number of rotatable bonds is 5. The molecule has 0 amide bonds. The maximum absolute atomic E-state index is 8.53. The van der Waals surface area contributed by atoms with Crippen LogP contribution in [0.15, 0.2) is 0 Å². The van der Waals surface area contributed by atoms with E-state index in [-0.39, 0.29) is 0 Å². The molecular weight excluding hydrogens is 176 g/mol. The quantitative estimate of drug-likeness (QED) is 0.723. The van der Waals surface area contributed by atoms with Crippen LogP contribution in [0.3, 0.4) is 0 Å². The Bertz CT molecular complexity index is 89.7. The summed E-state index contributed by atoms with van der Waals surface area (Å²) in [6, 6.07) is 0. The first-order chi connectivity index (χ1) is 6.53. The maximum atomic E-state index is 8.53. The zero-order valence-electron chi connectivity index (χ0n) is 10.5. The third-order valence-electron chi connectivity index (χ3n) is 2.84. The van der Waals surface area contributed by atoms with Gasteiger partial charge in [0.1, 0.15) is 0 Å². The van der Waals surface area contributed by atoms with Crippen molar-refractivity contribution in [3.05, 3.63) is 0 Å². The molecule has 0 spiro atoms. The van der Waals surface area contributed by atoms with Crippen molar-refractivity contribution in [2.24, 2.45) is 17.8 Å². The fraction of sp³-hybridized carbons (Fsp3) is 1.00. The van der Waals surface area contributed by atoms with E-state index in [9.17, 15) is 0 Å². The van der Waals surface area contributed by atoms with Crippen molar-refractivity contribution in [3.8, 4) is 0 Å². The molecule has 0 rings (SSSR count). The molecule has 0 aromatic carbocycles. The molecule has 0 aromatic heterocycles. The van der Waals surface area contributed by atoms with E-state index in [1.54, 1.807) is 0 Å². The van der Waals surface area contributed by atoms with Crippen LogP contribution in [0.2, 0.25) is 0 Å². The Hall–Kier alpha value is -0.0800. The molecule has 14 heavy (non-hydrogen) atoms. The lowest BCUT2D eigenvalue weighted by Gasteiger charge is -2.09. The highest BCUT2D eigenvalue weighted by Gasteiger charge is 2.02.